The lowest BCUT2D eigenvalue weighted by Gasteiger charge is -2.37. The predicted molar refractivity (Wildman–Crippen MR) is 147 cm³/mol. The Balaban J connectivity index is 1.82. The molecule has 1 saturated heterocycles. The Labute approximate surface area is 233 Å². The molecule has 0 aliphatic carbocycles. The molecule has 2 aliphatic rings. The van der Waals surface area contributed by atoms with Crippen molar-refractivity contribution in [2.75, 3.05) is 25.1 Å². The first-order valence-electron chi connectivity index (χ1n) is 13.0. The molecule has 1 amide bonds. The third-order valence-corrected chi connectivity index (χ3v) is 8.01. The van der Waals surface area contributed by atoms with Crippen molar-refractivity contribution in [3.63, 3.8) is 0 Å². The average molecular weight is 566 g/mol. The molecule has 2 aromatic rings. The van der Waals surface area contributed by atoms with Crippen molar-refractivity contribution in [2.24, 2.45) is 5.41 Å². The number of ether oxygens (including phenoxy) is 1. The highest BCUT2D eigenvalue weighted by Gasteiger charge is 2.65. The van der Waals surface area contributed by atoms with Crippen molar-refractivity contribution in [3.05, 3.63) is 63.4 Å². The van der Waals surface area contributed by atoms with E-state index < -0.39 is 29.2 Å². The highest BCUT2D eigenvalue weighted by Crippen LogP contribution is 2.57. The van der Waals surface area contributed by atoms with Crippen molar-refractivity contribution in [2.45, 2.75) is 69.9 Å². The smallest absolute Gasteiger partial charge is 0.237 e. The Morgan fingerprint density at radius 1 is 1.16 bits per heavy atom. The molecule has 0 bridgehead atoms. The first-order chi connectivity index (χ1) is 18.0. The van der Waals surface area contributed by atoms with Crippen LogP contribution in [-0.4, -0.2) is 48.7 Å². The molecule has 0 unspecified atom stereocenters. The summed E-state index contributed by atoms with van der Waals surface area (Å²) in [6, 6.07) is 8.73. The summed E-state index contributed by atoms with van der Waals surface area (Å²) in [5.74, 6) is -1.83. The fourth-order valence-corrected chi connectivity index (χ4v) is 6.38. The van der Waals surface area contributed by atoms with Crippen LogP contribution in [0.2, 0.25) is 10.0 Å². The number of ketones is 1. The minimum atomic E-state index is -1.25. The number of Topliss-reactive ketones (excluding diaryl/α,β-unsaturated/α-hetero) is 1. The largest absolute Gasteiger partial charge is 0.394 e. The van der Waals surface area contributed by atoms with Gasteiger partial charge in [0.05, 0.1) is 24.3 Å². The van der Waals surface area contributed by atoms with Crippen LogP contribution in [0.1, 0.15) is 63.5 Å². The van der Waals surface area contributed by atoms with Gasteiger partial charge in [-0.15, -0.1) is 0 Å². The number of carbonyl (C=O) groups excluding carboxylic acids is 2. The molecule has 2 aliphatic heterocycles. The van der Waals surface area contributed by atoms with Gasteiger partial charge in [-0.05, 0) is 54.0 Å². The number of fused-ring (bicyclic) bond motifs is 2. The van der Waals surface area contributed by atoms with E-state index in [1.807, 2.05) is 6.07 Å². The third-order valence-electron chi connectivity index (χ3n) is 7.48. The molecule has 38 heavy (non-hydrogen) atoms. The Morgan fingerprint density at radius 3 is 2.63 bits per heavy atom. The summed E-state index contributed by atoms with van der Waals surface area (Å²) < 4.78 is 21.0. The predicted octanol–water partition coefficient (Wildman–Crippen LogP) is 5.63. The second-order valence-corrected chi connectivity index (χ2v) is 12.2. The van der Waals surface area contributed by atoms with Crippen LogP contribution >= 0.6 is 23.2 Å². The molecule has 9 heteroatoms. The SMILES string of the molecule is CC(C)(C)C[C@H]1N[C@@H](C(=O)CCCCOCCO)[C@H](c2cccc(Cl)c2F)[C@@]12C(=O)Nc1cc(Cl)ccc12. The number of carbonyl (C=O) groups is 2. The number of benzene rings is 2. The topological polar surface area (TPSA) is 87.7 Å². The number of anilines is 1. The number of nitrogens with one attached hydrogen (secondary N) is 2. The van der Waals surface area contributed by atoms with E-state index in [9.17, 15) is 9.59 Å². The van der Waals surface area contributed by atoms with Crippen molar-refractivity contribution >= 4 is 40.6 Å². The maximum Gasteiger partial charge on any atom is 0.237 e. The van der Waals surface area contributed by atoms with Crippen molar-refractivity contribution in [3.8, 4) is 0 Å². The zero-order chi connectivity index (χ0) is 27.7. The third kappa shape index (κ3) is 5.50. The summed E-state index contributed by atoms with van der Waals surface area (Å²) in [5.41, 5.74) is 0.0718. The second-order valence-electron chi connectivity index (χ2n) is 11.4. The molecule has 1 fully saturated rings. The molecule has 1 spiro atoms. The number of halogens is 3. The van der Waals surface area contributed by atoms with Crippen LogP contribution in [0, 0.1) is 11.2 Å². The van der Waals surface area contributed by atoms with Gasteiger partial charge >= 0.3 is 0 Å². The van der Waals surface area contributed by atoms with Gasteiger partial charge in [0, 0.05) is 35.7 Å². The highest BCUT2D eigenvalue weighted by atomic mass is 35.5. The molecule has 0 radical (unpaired) electrons. The minimum Gasteiger partial charge on any atom is -0.394 e. The summed E-state index contributed by atoms with van der Waals surface area (Å²) in [6.45, 7) is 6.87. The minimum absolute atomic E-state index is 0.0518. The van der Waals surface area contributed by atoms with Gasteiger partial charge in [0.2, 0.25) is 5.91 Å². The van der Waals surface area contributed by atoms with Crippen molar-refractivity contribution < 1.29 is 23.8 Å². The molecular formula is C29H35Cl2FN2O4. The van der Waals surface area contributed by atoms with Gasteiger partial charge in [-0.2, -0.15) is 0 Å². The quantitative estimate of drug-likeness (QED) is 0.325. The van der Waals surface area contributed by atoms with Crippen LogP contribution in [0.25, 0.3) is 0 Å². The summed E-state index contributed by atoms with van der Waals surface area (Å²) >= 11 is 12.5. The van der Waals surface area contributed by atoms with E-state index in [1.165, 1.54) is 6.07 Å². The normalized spacial score (nSPS) is 24.6. The van der Waals surface area contributed by atoms with Crippen molar-refractivity contribution in [1.82, 2.24) is 5.32 Å². The molecule has 3 N–H and O–H groups in total. The molecule has 6 nitrogen and oxygen atoms in total. The molecule has 4 rings (SSSR count). The van der Waals surface area contributed by atoms with E-state index >= 15 is 4.39 Å². The number of aliphatic hydroxyl groups is 1. The number of rotatable bonds is 10. The van der Waals surface area contributed by atoms with E-state index in [0.29, 0.717) is 42.1 Å². The molecule has 0 saturated carbocycles. The maximum absolute atomic E-state index is 15.7. The monoisotopic (exact) mass is 564 g/mol. The first-order valence-corrected chi connectivity index (χ1v) is 13.8. The summed E-state index contributed by atoms with van der Waals surface area (Å²) in [7, 11) is 0. The number of hydrogen-bond acceptors (Lipinski definition) is 5. The molecule has 206 valence electrons. The van der Waals surface area contributed by atoms with E-state index in [2.05, 4.69) is 31.4 Å². The standard InChI is InChI=1S/C29H35Cl2FN2O4/c1-28(2,3)16-23-29(19-11-10-17(30)15-21(19)33-27(29)37)24(18-7-6-8-20(31)25(18)32)26(34-23)22(36)9-4-5-13-38-14-12-35/h6-8,10-11,15,23-24,26,34-35H,4-5,9,12-14,16H2,1-3H3,(H,33,37)/t23-,24+,26+,29+/m1/s1. The van der Waals surface area contributed by atoms with Crippen LogP contribution in [0.15, 0.2) is 36.4 Å². The van der Waals surface area contributed by atoms with E-state index in [-0.39, 0.29) is 47.3 Å². The van der Waals surface area contributed by atoms with Gasteiger partial charge in [0.25, 0.3) is 0 Å². The lowest BCUT2D eigenvalue weighted by atomic mass is 9.62. The lowest BCUT2D eigenvalue weighted by Crippen LogP contribution is -2.49. The zero-order valence-electron chi connectivity index (χ0n) is 22.0. The molecule has 0 aromatic heterocycles. The number of unbranched alkanes of at least 4 members (excludes halogenated alkanes) is 1. The summed E-state index contributed by atoms with van der Waals surface area (Å²) in [6.07, 6.45) is 2.03. The second kappa shape index (κ2) is 11.6. The van der Waals surface area contributed by atoms with Gasteiger partial charge in [-0.1, -0.05) is 62.2 Å². The fraction of sp³-hybridized carbons (Fsp3) is 0.517. The van der Waals surface area contributed by atoms with Gasteiger partial charge in [-0.3, -0.25) is 9.59 Å². The summed E-state index contributed by atoms with van der Waals surface area (Å²) in [5, 5.41) is 15.8. The lowest BCUT2D eigenvalue weighted by molar-refractivity contribution is -0.122. The number of aliphatic hydroxyl groups excluding tert-OH is 1. The van der Waals surface area contributed by atoms with Gasteiger partial charge in [0.15, 0.2) is 0 Å². The van der Waals surface area contributed by atoms with Gasteiger partial charge in [0.1, 0.15) is 17.0 Å². The Morgan fingerprint density at radius 2 is 1.92 bits per heavy atom. The van der Waals surface area contributed by atoms with Gasteiger partial charge in [-0.25, -0.2) is 4.39 Å². The zero-order valence-corrected chi connectivity index (χ0v) is 23.5. The van der Waals surface area contributed by atoms with Crippen molar-refractivity contribution in [1.29, 1.82) is 0 Å². The highest BCUT2D eigenvalue weighted by molar-refractivity contribution is 6.31. The Hall–Kier alpha value is -2.03. The van der Waals surface area contributed by atoms with Crippen LogP contribution in [0.3, 0.4) is 0 Å². The van der Waals surface area contributed by atoms with Gasteiger partial charge < -0.3 is 20.5 Å². The Bertz CT molecular complexity index is 1200. The van der Waals surface area contributed by atoms with Crippen LogP contribution in [0.4, 0.5) is 10.1 Å². The number of amides is 1. The molecule has 4 atom stereocenters. The van der Waals surface area contributed by atoms with E-state index in [4.69, 9.17) is 33.0 Å². The molecular weight excluding hydrogens is 530 g/mol. The van der Waals surface area contributed by atoms with Crippen LogP contribution in [-0.2, 0) is 19.7 Å². The maximum atomic E-state index is 15.7. The fourth-order valence-electron chi connectivity index (χ4n) is 6.03. The average Bonchev–Trinajstić information content (AvgIpc) is 3.31. The van der Waals surface area contributed by atoms with E-state index in [0.717, 1.165) is 0 Å². The van der Waals surface area contributed by atoms with Crippen LogP contribution < -0.4 is 10.6 Å². The number of hydrogen-bond donors (Lipinski definition) is 3. The van der Waals surface area contributed by atoms with E-state index in [1.54, 1.807) is 24.3 Å². The Kier molecular flexibility index (Phi) is 8.85. The first kappa shape index (κ1) is 29.0. The van der Waals surface area contributed by atoms with Crippen LogP contribution in [0.5, 0.6) is 0 Å². The summed E-state index contributed by atoms with van der Waals surface area (Å²) in [4.78, 5) is 27.9. The molecule has 2 aromatic carbocycles. The molecule has 2 heterocycles.